The Morgan fingerprint density at radius 1 is 1.44 bits per heavy atom. The zero-order valence-electron chi connectivity index (χ0n) is 10.7. The van der Waals surface area contributed by atoms with E-state index in [-0.39, 0.29) is 6.10 Å². The molecule has 1 unspecified atom stereocenters. The number of rotatable bonds is 2. The smallest absolute Gasteiger partial charge is 0.211 e. The average Bonchev–Trinajstić information content (AvgIpc) is 2.56. The Hall–Kier alpha value is -1.17. The van der Waals surface area contributed by atoms with Crippen molar-refractivity contribution in [2.24, 2.45) is 0 Å². The summed E-state index contributed by atoms with van der Waals surface area (Å²) in [5, 5.41) is 0.611. The summed E-state index contributed by atoms with van der Waals surface area (Å²) in [5.74, 6) is 2.72. The van der Waals surface area contributed by atoms with Crippen LogP contribution < -0.4 is 4.74 Å². The summed E-state index contributed by atoms with van der Waals surface area (Å²) in [6.07, 6.45) is 7.35. The molecule has 1 aliphatic heterocycles. The highest BCUT2D eigenvalue weighted by atomic mass is 35.5. The third kappa shape index (κ3) is 2.34. The molecule has 1 aliphatic rings. The molecular weight excluding hydrogens is 248 g/mol. The van der Waals surface area contributed by atoms with Crippen molar-refractivity contribution in [3.63, 3.8) is 0 Å². The second kappa shape index (κ2) is 5.22. The van der Waals surface area contributed by atoms with Crippen LogP contribution in [0.15, 0.2) is 18.2 Å². The van der Waals surface area contributed by atoms with E-state index in [1.807, 2.05) is 32.0 Å². The molecule has 0 radical (unpaired) electrons. The van der Waals surface area contributed by atoms with E-state index in [0.29, 0.717) is 17.2 Å². The number of para-hydroxylation sites is 1. The van der Waals surface area contributed by atoms with Crippen LogP contribution in [0.3, 0.4) is 0 Å². The highest BCUT2D eigenvalue weighted by Crippen LogP contribution is 2.38. The van der Waals surface area contributed by atoms with Gasteiger partial charge in [0.15, 0.2) is 0 Å². The van der Waals surface area contributed by atoms with Crippen molar-refractivity contribution >= 4 is 11.6 Å². The van der Waals surface area contributed by atoms with Crippen LogP contribution in [0, 0.1) is 12.3 Å². The Balaban J connectivity index is 2.49. The van der Waals surface area contributed by atoms with Gasteiger partial charge in [-0.15, -0.1) is 6.42 Å². The molecule has 0 fully saturated rings. The molecule has 3 heteroatoms. The summed E-state index contributed by atoms with van der Waals surface area (Å²) in [6.45, 7) is 4.05. The maximum Gasteiger partial charge on any atom is 0.211 e. The van der Waals surface area contributed by atoms with E-state index in [9.17, 15) is 0 Å². The SMILES string of the molecule is C#CC1Cc2cccc(Cl)c2OC(CC)(CC)O1. The van der Waals surface area contributed by atoms with Gasteiger partial charge in [-0.05, 0) is 11.6 Å². The predicted molar refractivity (Wildman–Crippen MR) is 72.8 cm³/mol. The van der Waals surface area contributed by atoms with E-state index in [4.69, 9.17) is 27.5 Å². The first-order valence-corrected chi connectivity index (χ1v) is 6.62. The van der Waals surface area contributed by atoms with Crippen molar-refractivity contribution in [1.29, 1.82) is 0 Å². The van der Waals surface area contributed by atoms with Crippen LogP contribution in [-0.4, -0.2) is 11.9 Å². The van der Waals surface area contributed by atoms with Crippen LogP contribution >= 0.6 is 11.6 Å². The zero-order chi connectivity index (χ0) is 13.2. The molecule has 0 N–H and O–H groups in total. The summed E-state index contributed by atoms with van der Waals surface area (Å²) in [4.78, 5) is 0. The van der Waals surface area contributed by atoms with Crippen molar-refractivity contribution in [2.75, 3.05) is 0 Å². The monoisotopic (exact) mass is 264 g/mol. The highest BCUT2D eigenvalue weighted by Gasteiger charge is 2.36. The van der Waals surface area contributed by atoms with Crippen molar-refractivity contribution in [1.82, 2.24) is 0 Å². The van der Waals surface area contributed by atoms with Gasteiger partial charge in [0.2, 0.25) is 5.79 Å². The third-order valence-electron chi connectivity index (χ3n) is 3.36. The molecule has 2 rings (SSSR count). The molecule has 1 aromatic rings. The molecule has 0 bridgehead atoms. The molecule has 0 aliphatic carbocycles. The summed E-state index contributed by atoms with van der Waals surface area (Å²) < 4.78 is 12.0. The van der Waals surface area contributed by atoms with E-state index in [0.717, 1.165) is 18.4 Å². The van der Waals surface area contributed by atoms with Crippen LogP contribution in [0.5, 0.6) is 5.75 Å². The van der Waals surface area contributed by atoms with Gasteiger partial charge in [0.25, 0.3) is 0 Å². The largest absolute Gasteiger partial charge is 0.460 e. The van der Waals surface area contributed by atoms with Crippen LogP contribution in [0.2, 0.25) is 5.02 Å². The van der Waals surface area contributed by atoms with Gasteiger partial charge < -0.3 is 9.47 Å². The fourth-order valence-electron chi connectivity index (χ4n) is 2.19. The first kappa shape index (κ1) is 13.3. The number of halogens is 1. The van der Waals surface area contributed by atoms with Crippen LogP contribution in [-0.2, 0) is 11.2 Å². The summed E-state index contributed by atoms with van der Waals surface area (Å²) in [7, 11) is 0. The predicted octanol–water partition coefficient (Wildman–Crippen LogP) is 3.81. The summed E-state index contributed by atoms with van der Waals surface area (Å²) in [5.41, 5.74) is 1.01. The van der Waals surface area contributed by atoms with Crippen molar-refractivity contribution in [3.8, 4) is 18.1 Å². The number of terminal acetylenes is 1. The van der Waals surface area contributed by atoms with E-state index < -0.39 is 5.79 Å². The fraction of sp³-hybridized carbons (Fsp3) is 0.467. The van der Waals surface area contributed by atoms with Gasteiger partial charge in [-0.2, -0.15) is 0 Å². The molecule has 1 heterocycles. The molecule has 0 spiro atoms. The van der Waals surface area contributed by atoms with Gasteiger partial charge in [-0.3, -0.25) is 0 Å². The van der Waals surface area contributed by atoms with Crippen molar-refractivity contribution in [3.05, 3.63) is 28.8 Å². The Bertz CT molecular complexity index is 472. The Morgan fingerprint density at radius 3 is 2.78 bits per heavy atom. The summed E-state index contributed by atoms with van der Waals surface area (Å²) in [6, 6.07) is 5.71. The van der Waals surface area contributed by atoms with Crippen molar-refractivity contribution in [2.45, 2.75) is 45.0 Å². The maximum absolute atomic E-state index is 6.21. The van der Waals surface area contributed by atoms with E-state index in [2.05, 4.69) is 5.92 Å². The lowest BCUT2D eigenvalue weighted by atomic mass is 10.1. The van der Waals surface area contributed by atoms with Crippen LogP contribution in [0.4, 0.5) is 0 Å². The van der Waals surface area contributed by atoms with E-state index in [1.165, 1.54) is 0 Å². The van der Waals surface area contributed by atoms with Gasteiger partial charge in [-0.25, -0.2) is 0 Å². The molecular formula is C15H17ClO2. The standard InChI is InChI=1S/C15H17ClO2/c1-4-12-10-11-8-7-9-13(16)14(11)18-15(5-2,6-3)17-12/h1,7-9,12H,5-6,10H2,2-3H3. The van der Waals surface area contributed by atoms with Gasteiger partial charge >= 0.3 is 0 Å². The molecule has 96 valence electrons. The van der Waals surface area contributed by atoms with Crippen LogP contribution in [0.1, 0.15) is 32.3 Å². The van der Waals surface area contributed by atoms with E-state index in [1.54, 1.807) is 0 Å². The molecule has 0 amide bonds. The molecule has 1 atom stereocenters. The number of hydrogen-bond donors (Lipinski definition) is 0. The first-order chi connectivity index (χ1) is 8.64. The minimum Gasteiger partial charge on any atom is -0.460 e. The summed E-state index contributed by atoms with van der Waals surface area (Å²) >= 11 is 6.21. The second-order valence-electron chi connectivity index (χ2n) is 4.43. The zero-order valence-corrected chi connectivity index (χ0v) is 11.5. The molecule has 0 aromatic heterocycles. The number of fused-ring (bicyclic) bond motifs is 1. The van der Waals surface area contributed by atoms with Crippen LogP contribution in [0.25, 0.3) is 0 Å². The lowest BCUT2D eigenvalue weighted by Crippen LogP contribution is -2.40. The molecule has 18 heavy (non-hydrogen) atoms. The molecule has 2 nitrogen and oxygen atoms in total. The lowest BCUT2D eigenvalue weighted by Gasteiger charge is -2.32. The number of benzene rings is 1. The van der Waals surface area contributed by atoms with Gasteiger partial charge in [0.05, 0.1) is 5.02 Å². The fourth-order valence-corrected chi connectivity index (χ4v) is 2.43. The first-order valence-electron chi connectivity index (χ1n) is 6.24. The Morgan fingerprint density at radius 2 is 2.17 bits per heavy atom. The quantitative estimate of drug-likeness (QED) is 0.757. The van der Waals surface area contributed by atoms with E-state index >= 15 is 0 Å². The Labute approximate surface area is 113 Å². The van der Waals surface area contributed by atoms with Gasteiger partial charge in [-0.1, -0.05) is 43.5 Å². The topological polar surface area (TPSA) is 18.5 Å². The number of ether oxygens (including phenoxy) is 2. The minimum atomic E-state index is -0.673. The van der Waals surface area contributed by atoms with Crippen molar-refractivity contribution < 1.29 is 9.47 Å². The molecule has 0 saturated carbocycles. The molecule has 1 aromatic carbocycles. The third-order valence-corrected chi connectivity index (χ3v) is 3.66. The molecule has 0 saturated heterocycles. The average molecular weight is 265 g/mol. The maximum atomic E-state index is 6.21. The van der Waals surface area contributed by atoms with Gasteiger partial charge in [0.1, 0.15) is 11.9 Å². The Kier molecular flexibility index (Phi) is 3.85. The minimum absolute atomic E-state index is 0.274. The second-order valence-corrected chi connectivity index (χ2v) is 4.83. The number of hydrogen-bond acceptors (Lipinski definition) is 2. The van der Waals surface area contributed by atoms with Gasteiger partial charge in [0, 0.05) is 19.3 Å². The normalized spacial score (nSPS) is 21.3. The highest BCUT2D eigenvalue weighted by molar-refractivity contribution is 6.32. The lowest BCUT2D eigenvalue weighted by molar-refractivity contribution is -0.196.